The van der Waals surface area contributed by atoms with Crippen LogP contribution in [0.1, 0.15) is 0 Å². The molecule has 0 fully saturated rings. The van der Waals surface area contributed by atoms with Crippen molar-refractivity contribution in [1.82, 2.24) is 0 Å². The molecule has 3 nitrogen and oxygen atoms in total. The molecule has 4 heteroatoms. The molecular formula is C4H2KNO2. The van der Waals surface area contributed by atoms with E-state index < -0.39 is 11.5 Å². The number of carboxylic acids is 1. The van der Waals surface area contributed by atoms with Gasteiger partial charge in [0.25, 0.3) is 0 Å². The summed E-state index contributed by atoms with van der Waals surface area (Å²) in [5.41, 5.74) is -0.542. The smallest absolute Gasteiger partial charge is 0.544 e. The minimum atomic E-state index is -1.51. The average molecular weight is 135 g/mol. The standard InChI is InChI=1S/C4H3NO2.K/c1-3(2-5)4(6)7;/h1H2,(H,6,7);/q;+1/p-1. The van der Waals surface area contributed by atoms with E-state index >= 15 is 0 Å². The molecule has 0 N–H and O–H groups in total. The van der Waals surface area contributed by atoms with Crippen LogP contribution in [-0.2, 0) is 4.79 Å². The topological polar surface area (TPSA) is 63.9 Å². The molecule has 0 aliphatic rings. The molecule has 0 aromatic heterocycles. The first-order chi connectivity index (χ1) is 3.18. The predicted octanol–water partition coefficient (Wildman–Crippen LogP) is -4.18. The van der Waals surface area contributed by atoms with Gasteiger partial charge in [-0.05, 0) is 0 Å². The van der Waals surface area contributed by atoms with E-state index in [0.717, 1.165) is 0 Å². The third-order valence-electron chi connectivity index (χ3n) is 0.381. The van der Waals surface area contributed by atoms with Gasteiger partial charge in [0.15, 0.2) is 0 Å². The van der Waals surface area contributed by atoms with Crippen LogP contribution >= 0.6 is 0 Å². The van der Waals surface area contributed by atoms with Crippen LogP contribution in [0.3, 0.4) is 0 Å². The van der Waals surface area contributed by atoms with Gasteiger partial charge >= 0.3 is 51.4 Å². The van der Waals surface area contributed by atoms with Crippen molar-refractivity contribution in [2.75, 3.05) is 0 Å². The largest absolute Gasteiger partial charge is 1.00 e. The number of carbonyl (C=O) groups is 1. The van der Waals surface area contributed by atoms with Gasteiger partial charge in [0.2, 0.25) is 0 Å². The molecule has 0 aromatic rings. The normalized spacial score (nSPS) is 5.88. The molecule has 0 bridgehead atoms. The van der Waals surface area contributed by atoms with Crippen LogP contribution in [0.5, 0.6) is 0 Å². The first-order valence-electron chi connectivity index (χ1n) is 1.49. The monoisotopic (exact) mass is 135 g/mol. The fourth-order valence-electron chi connectivity index (χ4n) is 0.0456. The minimum Gasteiger partial charge on any atom is -0.544 e. The van der Waals surface area contributed by atoms with Crippen LogP contribution in [0.15, 0.2) is 12.2 Å². The van der Waals surface area contributed by atoms with E-state index in [-0.39, 0.29) is 51.4 Å². The van der Waals surface area contributed by atoms with Crippen molar-refractivity contribution >= 4 is 5.97 Å². The SMILES string of the molecule is C=C(C#N)C(=O)[O-].[K+]. The van der Waals surface area contributed by atoms with Gasteiger partial charge in [-0.15, -0.1) is 0 Å². The molecule has 0 amide bonds. The van der Waals surface area contributed by atoms with Crippen molar-refractivity contribution in [2.24, 2.45) is 0 Å². The Hall–Kier alpha value is 0.336. The van der Waals surface area contributed by atoms with Gasteiger partial charge in [-0.1, -0.05) is 6.58 Å². The van der Waals surface area contributed by atoms with Crippen LogP contribution in [0, 0.1) is 11.3 Å². The Morgan fingerprint density at radius 2 is 2.12 bits per heavy atom. The number of rotatable bonds is 1. The van der Waals surface area contributed by atoms with E-state index in [1.165, 1.54) is 6.07 Å². The van der Waals surface area contributed by atoms with Crippen molar-refractivity contribution in [3.63, 3.8) is 0 Å². The summed E-state index contributed by atoms with van der Waals surface area (Å²) in [5, 5.41) is 17.2. The second-order valence-electron chi connectivity index (χ2n) is 0.878. The zero-order valence-electron chi connectivity index (χ0n) is 4.47. The van der Waals surface area contributed by atoms with Crippen LogP contribution in [0.2, 0.25) is 0 Å². The van der Waals surface area contributed by atoms with Gasteiger partial charge in [0, 0.05) is 0 Å². The van der Waals surface area contributed by atoms with Crippen molar-refractivity contribution < 1.29 is 61.3 Å². The summed E-state index contributed by atoms with van der Waals surface area (Å²) in [6, 6.07) is 1.31. The summed E-state index contributed by atoms with van der Waals surface area (Å²) in [6.45, 7) is 2.85. The number of hydrogen-bond acceptors (Lipinski definition) is 3. The number of carboxylic acid groups (broad SMARTS) is 1. The van der Waals surface area contributed by atoms with Gasteiger partial charge in [-0.25, -0.2) is 0 Å². The molecule has 0 aliphatic carbocycles. The first-order valence-corrected chi connectivity index (χ1v) is 1.49. The second-order valence-corrected chi connectivity index (χ2v) is 0.878. The number of nitrogens with zero attached hydrogens (tertiary/aromatic N) is 1. The molecule has 0 rings (SSSR count). The zero-order chi connectivity index (χ0) is 5.86. The van der Waals surface area contributed by atoms with Gasteiger partial charge < -0.3 is 9.90 Å². The summed E-state index contributed by atoms with van der Waals surface area (Å²) in [7, 11) is 0. The van der Waals surface area contributed by atoms with Crippen molar-refractivity contribution in [1.29, 1.82) is 5.26 Å². The summed E-state index contributed by atoms with van der Waals surface area (Å²) in [5.74, 6) is -1.51. The van der Waals surface area contributed by atoms with E-state index in [0.29, 0.717) is 0 Å². The minimum absolute atomic E-state index is 0. The Morgan fingerprint density at radius 1 is 1.75 bits per heavy atom. The summed E-state index contributed by atoms with van der Waals surface area (Å²) in [4.78, 5) is 9.50. The molecule has 0 atom stereocenters. The molecule has 0 radical (unpaired) electrons. The summed E-state index contributed by atoms with van der Waals surface area (Å²) < 4.78 is 0. The molecule has 0 saturated carbocycles. The van der Waals surface area contributed by atoms with Crippen LogP contribution in [0.4, 0.5) is 0 Å². The van der Waals surface area contributed by atoms with Crippen molar-refractivity contribution in [3.8, 4) is 6.07 Å². The number of hydrogen-bond donors (Lipinski definition) is 0. The van der Waals surface area contributed by atoms with Crippen molar-refractivity contribution in [3.05, 3.63) is 12.2 Å². The summed E-state index contributed by atoms with van der Waals surface area (Å²) >= 11 is 0. The molecule has 0 heterocycles. The van der Waals surface area contributed by atoms with E-state index in [1.807, 2.05) is 0 Å². The Kier molecular flexibility index (Phi) is 7.64. The molecule has 0 unspecified atom stereocenters. The van der Waals surface area contributed by atoms with Gasteiger partial charge in [-0.2, -0.15) is 5.26 Å². The first kappa shape index (κ1) is 11.2. The molecule has 0 spiro atoms. The molecular weight excluding hydrogens is 133 g/mol. The quantitative estimate of drug-likeness (QED) is 0.208. The van der Waals surface area contributed by atoms with Gasteiger partial charge in [0.05, 0.1) is 11.5 Å². The van der Waals surface area contributed by atoms with E-state index in [2.05, 4.69) is 6.58 Å². The Balaban J connectivity index is 0. The molecule has 0 aromatic carbocycles. The third-order valence-corrected chi connectivity index (χ3v) is 0.381. The second kappa shape index (κ2) is 5.47. The maximum absolute atomic E-state index is 9.50. The molecule has 8 heavy (non-hydrogen) atoms. The maximum atomic E-state index is 9.50. The average Bonchev–Trinajstić information content (AvgIpc) is 1.65. The van der Waals surface area contributed by atoms with Crippen LogP contribution in [-0.4, -0.2) is 5.97 Å². The predicted molar refractivity (Wildman–Crippen MR) is 19.8 cm³/mol. The van der Waals surface area contributed by atoms with E-state index in [1.54, 1.807) is 0 Å². The molecule has 0 aliphatic heterocycles. The van der Waals surface area contributed by atoms with Gasteiger partial charge in [-0.3, -0.25) is 0 Å². The number of aliphatic carboxylic acids is 1. The summed E-state index contributed by atoms with van der Waals surface area (Å²) in [6.07, 6.45) is 0. The zero-order valence-corrected chi connectivity index (χ0v) is 7.59. The fraction of sp³-hybridized carbons (Fsp3) is 0. The molecule has 0 saturated heterocycles. The Bertz CT molecular complexity index is 147. The van der Waals surface area contributed by atoms with E-state index in [4.69, 9.17) is 5.26 Å². The Morgan fingerprint density at radius 3 is 2.12 bits per heavy atom. The third kappa shape index (κ3) is 4.49. The van der Waals surface area contributed by atoms with Crippen LogP contribution < -0.4 is 56.5 Å². The van der Waals surface area contributed by atoms with Gasteiger partial charge in [0.1, 0.15) is 6.07 Å². The van der Waals surface area contributed by atoms with Crippen LogP contribution in [0.25, 0.3) is 0 Å². The number of carbonyl (C=O) groups excluding carboxylic acids is 1. The van der Waals surface area contributed by atoms with E-state index in [9.17, 15) is 9.90 Å². The van der Waals surface area contributed by atoms with Crippen molar-refractivity contribution in [2.45, 2.75) is 0 Å². The fourth-order valence-corrected chi connectivity index (χ4v) is 0.0456. The number of nitriles is 1. The maximum Gasteiger partial charge on any atom is 1.00 e. The molecule has 36 valence electrons. The Labute approximate surface area is 89.4 Å².